The van der Waals surface area contributed by atoms with Gasteiger partial charge in [0.1, 0.15) is 11.8 Å². The normalized spacial score (nSPS) is 18.8. The molecule has 1 fully saturated rings. The van der Waals surface area contributed by atoms with Gasteiger partial charge in [-0.05, 0) is 11.6 Å². The van der Waals surface area contributed by atoms with Gasteiger partial charge in [0.2, 0.25) is 5.91 Å². The molecule has 1 unspecified atom stereocenters. The van der Waals surface area contributed by atoms with E-state index in [0.29, 0.717) is 26.3 Å². The second-order valence-electron chi connectivity index (χ2n) is 4.60. The average molecular weight is 279 g/mol. The molecule has 0 radical (unpaired) electrons. The zero-order valence-corrected chi connectivity index (χ0v) is 11.9. The summed E-state index contributed by atoms with van der Waals surface area (Å²) >= 11 is 0. The number of methoxy groups -OCH3 is 1. The molecule has 1 atom stereocenters. The van der Waals surface area contributed by atoms with Crippen LogP contribution in [0.1, 0.15) is 5.56 Å². The highest BCUT2D eigenvalue weighted by Crippen LogP contribution is 2.28. The number of nitrogens with one attached hydrogen (secondary N) is 1. The van der Waals surface area contributed by atoms with Gasteiger partial charge in [-0.1, -0.05) is 6.07 Å². The van der Waals surface area contributed by atoms with E-state index in [1.165, 1.54) is 0 Å². The maximum atomic E-state index is 12.0. The molecule has 0 saturated carbocycles. The molecule has 20 heavy (non-hydrogen) atoms. The summed E-state index contributed by atoms with van der Waals surface area (Å²) in [5.41, 5.74) is 7.73. The Labute approximate surface area is 118 Å². The van der Waals surface area contributed by atoms with E-state index in [0.717, 1.165) is 17.0 Å². The van der Waals surface area contributed by atoms with Crippen molar-refractivity contribution in [2.75, 3.05) is 38.8 Å². The number of nitrogens with two attached hydrogens (primary N) is 1. The van der Waals surface area contributed by atoms with E-state index < -0.39 is 0 Å². The molecule has 1 aromatic carbocycles. The lowest BCUT2D eigenvalue weighted by molar-refractivity contribution is -0.124. The first kappa shape index (κ1) is 14.6. The Morgan fingerprint density at radius 2 is 2.40 bits per heavy atom. The Morgan fingerprint density at radius 3 is 3.05 bits per heavy atom. The van der Waals surface area contributed by atoms with Crippen LogP contribution in [0.4, 0.5) is 5.69 Å². The van der Waals surface area contributed by atoms with E-state index in [2.05, 4.69) is 5.32 Å². The maximum Gasteiger partial charge on any atom is 0.244 e. The summed E-state index contributed by atoms with van der Waals surface area (Å²) in [4.78, 5) is 14.0. The zero-order chi connectivity index (χ0) is 14.5. The molecule has 0 aliphatic carbocycles. The molecule has 1 aliphatic rings. The van der Waals surface area contributed by atoms with Crippen LogP contribution < -0.4 is 20.7 Å². The Bertz CT molecular complexity index is 479. The SMILES string of the molecule is CNC(=O)C1COCCN1c1cc(OC)ccc1CN. The van der Waals surface area contributed by atoms with E-state index in [-0.39, 0.29) is 11.9 Å². The lowest BCUT2D eigenvalue weighted by atomic mass is 10.1. The number of anilines is 1. The Balaban J connectivity index is 2.37. The number of hydrogen-bond acceptors (Lipinski definition) is 5. The molecule has 0 bridgehead atoms. The fourth-order valence-electron chi connectivity index (χ4n) is 2.39. The Morgan fingerprint density at radius 1 is 1.60 bits per heavy atom. The van der Waals surface area contributed by atoms with Crippen LogP contribution in [0.25, 0.3) is 0 Å². The summed E-state index contributed by atoms with van der Waals surface area (Å²) in [6.07, 6.45) is 0. The molecule has 1 amide bonds. The standard InChI is InChI=1S/C14H21N3O3/c1-16-14(18)13-9-20-6-5-17(13)12-7-11(19-2)4-3-10(12)8-15/h3-4,7,13H,5-6,8-9,15H2,1-2H3,(H,16,18). The summed E-state index contributed by atoms with van der Waals surface area (Å²) in [5, 5.41) is 2.68. The predicted molar refractivity (Wildman–Crippen MR) is 76.9 cm³/mol. The van der Waals surface area contributed by atoms with Crippen LogP contribution in [-0.2, 0) is 16.1 Å². The van der Waals surface area contributed by atoms with Gasteiger partial charge in [-0.15, -0.1) is 0 Å². The van der Waals surface area contributed by atoms with Crippen LogP contribution >= 0.6 is 0 Å². The molecule has 1 saturated heterocycles. The Kier molecular flexibility index (Phi) is 4.81. The predicted octanol–water partition coefficient (Wildman–Crippen LogP) is 0.105. The first-order valence-corrected chi connectivity index (χ1v) is 6.64. The smallest absolute Gasteiger partial charge is 0.244 e. The second kappa shape index (κ2) is 6.58. The topological polar surface area (TPSA) is 76.8 Å². The molecule has 1 heterocycles. The van der Waals surface area contributed by atoms with Crippen molar-refractivity contribution >= 4 is 11.6 Å². The van der Waals surface area contributed by atoms with E-state index in [4.69, 9.17) is 15.2 Å². The molecule has 110 valence electrons. The highest BCUT2D eigenvalue weighted by molar-refractivity contribution is 5.85. The largest absolute Gasteiger partial charge is 0.497 e. The minimum Gasteiger partial charge on any atom is -0.497 e. The molecular formula is C14H21N3O3. The van der Waals surface area contributed by atoms with Crippen molar-refractivity contribution in [2.45, 2.75) is 12.6 Å². The third kappa shape index (κ3) is 2.86. The monoisotopic (exact) mass is 279 g/mol. The van der Waals surface area contributed by atoms with Crippen LogP contribution in [0, 0.1) is 0 Å². The highest BCUT2D eigenvalue weighted by atomic mass is 16.5. The van der Waals surface area contributed by atoms with Gasteiger partial charge in [0.15, 0.2) is 0 Å². The molecular weight excluding hydrogens is 258 g/mol. The van der Waals surface area contributed by atoms with E-state index >= 15 is 0 Å². The van der Waals surface area contributed by atoms with Gasteiger partial charge in [-0.25, -0.2) is 0 Å². The quantitative estimate of drug-likeness (QED) is 0.818. The summed E-state index contributed by atoms with van der Waals surface area (Å²) in [6, 6.07) is 5.39. The molecule has 6 nitrogen and oxygen atoms in total. The van der Waals surface area contributed by atoms with E-state index in [9.17, 15) is 4.79 Å². The first-order valence-electron chi connectivity index (χ1n) is 6.64. The van der Waals surface area contributed by atoms with Crippen molar-refractivity contribution in [1.82, 2.24) is 5.32 Å². The second-order valence-corrected chi connectivity index (χ2v) is 4.60. The van der Waals surface area contributed by atoms with Gasteiger partial charge in [0.05, 0.1) is 20.3 Å². The molecule has 2 rings (SSSR count). The van der Waals surface area contributed by atoms with Gasteiger partial charge in [-0.2, -0.15) is 0 Å². The minimum absolute atomic E-state index is 0.0597. The van der Waals surface area contributed by atoms with Gasteiger partial charge < -0.3 is 25.4 Å². The van der Waals surface area contributed by atoms with Gasteiger partial charge in [-0.3, -0.25) is 4.79 Å². The van der Waals surface area contributed by atoms with Crippen molar-refractivity contribution in [3.63, 3.8) is 0 Å². The van der Waals surface area contributed by atoms with Crippen molar-refractivity contribution in [3.8, 4) is 5.75 Å². The van der Waals surface area contributed by atoms with E-state index in [1.54, 1.807) is 14.2 Å². The minimum atomic E-state index is -0.342. The van der Waals surface area contributed by atoms with Crippen molar-refractivity contribution < 1.29 is 14.3 Å². The van der Waals surface area contributed by atoms with Crippen molar-refractivity contribution in [3.05, 3.63) is 23.8 Å². The number of amides is 1. The number of benzene rings is 1. The van der Waals surface area contributed by atoms with Crippen molar-refractivity contribution in [2.24, 2.45) is 5.73 Å². The summed E-state index contributed by atoms with van der Waals surface area (Å²) in [6.45, 7) is 2.03. The van der Waals surface area contributed by atoms with Crippen LogP contribution in [0.15, 0.2) is 18.2 Å². The van der Waals surface area contributed by atoms with Gasteiger partial charge in [0.25, 0.3) is 0 Å². The summed E-state index contributed by atoms with van der Waals surface area (Å²) < 4.78 is 10.7. The number of rotatable bonds is 4. The number of ether oxygens (including phenoxy) is 2. The van der Waals surface area contributed by atoms with Crippen LogP contribution in [0.3, 0.4) is 0 Å². The third-order valence-electron chi connectivity index (χ3n) is 3.50. The fraction of sp³-hybridized carbons (Fsp3) is 0.500. The van der Waals surface area contributed by atoms with Crippen molar-refractivity contribution in [1.29, 1.82) is 0 Å². The molecule has 1 aliphatic heterocycles. The van der Waals surface area contributed by atoms with Crippen LogP contribution in [0.2, 0.25) is 0 Å². The lowest BCUT2D eigenvalue weighted by Gasteiger charge is -2.37. The maximum absolute atomic E-state index is 12.0. The fourth-order valence-corrected chi connectivity index (χ4v) is 2.39. The summed E-state index contributed by atoms with van der Waals surface area (Å²) in [7, 11) is 3.25. The number of hydrogen-bond donors (Lipinski definition) is 2. The number of likely N-dealkylation sites (N-methyl/N-ethyl adjacent to an activating group) is 1. The lowest BCUT2D eigenvalue weighted by Crippen LogP contribution is -2.53. The Hall–Kier alpha value is -1.79. The average Bonchev–Trinajstić information content (AvgIpc) is 2.53. The van der Waals surface area contributed by atoms with Gasteiger partial charge >= 0.3 is 0 Å². The zero-order valence-electron chi connectivity index (χ0n) is 11.9. The third-order valence-corrected chi connectivity index (χ3v) is 3.50. The van der Waals surface area contributed by atoms with Gasteiger partial charge in [0, 0.05) is 31.9 Å². The highest BCUT2D eigenvalue weighted by Gasteiger charge is 2.30. The molecule has 0 aromatic heterocycles. The molecule has 1 aromatic rings. The molecule has 0 spiro atoms. The summed E-state index contributed by atoms with van der Waals surface area (Å²) in [5.74, 6) is 0.690. The molecule has 6 heteroatoms. The van der Waals surface area contributed by atoms with E-state index in [1.807, 2.05) is 23.1 Å². The first-order chi connectivity index (χ1) is 9.71. The number of carbonyl (C=O) groups is 1. The van der Waals surface area contributed by atoms with Crippen LogP contribution in [-0.4, -0.2) is 45.9 Å². The molecule has 3 N–H and O–H groups in total. The van der Waals surface area contributed by atoms with Crippen LogP contribution in [0.5, 0.6) is 5.75 Å². The number of nitrogens with zero attached hydrogens (tertiary/aromatic N) is 1. The number of carbonyl (C=O) groups excluding carboxylic acids is 1. The number of morpholine rings is 1.